The number of carboxylic acid groups (broad SMARTS) is 1. The molecule has 0 unspecified atom stereocenters. The topological polar surface area (TPSA) is 119 Å². The molecule has 0 radical (unpaired) electrons. The molecular formula is C17H19F3N6O4. The second kappa shape index (κ2) is 8.57. The van der Waals surface area contributed by atoms with E-state index in [1.807, 2.05) is 22.7 Å². The van der Waals surface area contributed by atoms with Crippen LogP contribution in [-0.2, 0) is 9.59 Å². The Morgan fingerprint density at radius 2 is 1.83 bits per heavy atom. The van der Waals surface area contributed by atoms with Crippen LogP contribution < -0.4 is 20.4 Å². The molecule has 10 nitrogen and oxygen atoms in total. The minimum absolute atomic E-state index is 0.235. The van der Waals surface area contributed by atoms with Gasteiger partial charge >= 0.3 is 18.2 Å². The Morgan fingerprint density at radius 1 is 1.17 bits per heavy atom. The van der Waals surface area contributed by atoms with Gasteiger partial charge in [-0.25, -0.2) is 14.6 Å². The number of nitrogens with zero attached hydrogens (tertiary/aromatic N) is 4. The Bertz CT molecular complexity index is 955. The van der Waals surface area contributed by atoms with Gasteiger partial charge in [-0.15, -0.1) is 0 Å². The number of piperazine rings is 1. The van der Waals surface area contributed by atoms with E-state index >= 15 is 0 Å². The van der Waals surface area contributed by atoms with E-state index in [0.717, 1.165) is 37.5 Å². The van der Waals surface area contributed by atoms with Crippen LogP contribution in [0.25, 0.3) is 5.65 Å². The number of pyridine rings is 1. The molecule has 0 atom stereocenters. The lowest BCUT2D eigenvalue weighted by Crippen LogP contribution is -2.50. The van der Waals surface area contributed by atoms with Gasteiger partial charge in [0.25, 0.3) is 0 Å². The van der Waals surface area contributed by atoms with E-state index in [9.17, 15) is 22.8 Å². The third-order valence-corrected chi connectivity index (χ3v) is 4.53. The minimum Gasteiger partial charge on any atom is -0.475 e. The number of fused-ring (bicyclic) bond motifs is 1. The van der Waals surface area contributed by atoms with Crippen LogP contribution in [-0.4, -0.2) is 71.3 Å². The summed E-state index contributed by atoms with van der Waals surface area (Å²) in [7, 11) is 0. The summed E-state index contributed by atoms with van der Waals surface area (Å²) in [5.74, 6) is -2.31. The fraction of sp³-hybridized carbons (Fsp3) is 0.412. The van der Waals surface area contributed by atoms with Crippen LogP contribution in [0.2, 0.25) is 0 Å². The van der Waals surface area contributed by atoms with E-state index in [1.54, 1.807) is 11.1 Å². The largest absolute Gasteiger partial charge is 0.490 e. The molecule has 0 bridgehead atoms. The van der Waals surface area contributed by atoms with Crippen molar-refractivity contribution in [3.05, 3.63) is 24.5 Å². The predicted octanol–water partition coefficient (Wildman–Crippen LogP) is 0.823. The number of halogens is 3. The van der Waals surface area contributed by atoms with Crippen LogP contribution in [0.1, 0.15) is 6.42 Å². The highest BCUT2D eigenvalue weighted by Crippen LogP contribution is 2.23. The molecule has 3 N–H and O–H groups in total. The smallest absolute Gasteiger partial charge is 0.475 e. The second-order valence-electron chi connectivity index (χ2n) is 6.52. The standard InChI is InChI=1S/C15H18N6O2.C2HF3O2/c22-13-2-6-21(15(23)18-13)14-10-17-12-9-11(1-5-20(12)14)19-7-3-16-4-8-19;3-2(4,5)1(6)7/h1,5,9-10,16H,2-4,6-8H2,(H,18,22,23);(H,6,7). The summed E-state index contributed by atoms with van der Waals surface area (Å²) in [4.78, 5) is 40.5. The number of carbonyl (C=O) groups is 3. The summed E-state index contributed by atoms with van der Waals surface area (Å²) in [6.07, 6.45) is -1.18. The van der Waals surface area contributed by atoms with Crippen LogP contribution in [0.15, 0.2) is 24.5 Å². The molecule has 2 saturated heterocycles. The van der Waals surface area contributed by atoms with Crippen molar-refractivity contribution in [2.24, 2.45) is 0 Å². The number of imide groups is 1. The van der Waals surface area contributed by atoms with E-state index in [2.05, 4.69) is 20.5 Å². The zero-order chi connectivity index (χ0) is 21.9. The maximum Gasteiger partial charge on any atom is 0.490 e. The fourth-order valence-corrected chi connectivity index (χ4v) is 3.06. The van der Waals surface area contributed by atoms with Gasteiger partial charge in [-0.2, -0.15) is 13.2 Å². The van der Waals surface area contributed by atoms with E-state index in [0.29, 0.717) is 18.8 Å². The minimum atomic E-state index is -5.08. The van der Waals surface area contributed by atoms with Crippen molar-refractivity contribution < 1.29 is 32.7 Å². The highest BCUT2D eigenvalue weighted by molar-refractivity contribution is 6.05. The van der Waals surface area contributed by atoms with Crippen molar-refractivity contribution in [2.75, 3.05) is 42.5 Å². The lowest BCUT2D eigenvalue weighted by molar-refractivity contribution is -0.192. The summed E-state index contributed by atoms with van der Waals surface area (Å²) < 4.78 is 33.6. The molecule has 162 valence electrons. The zero-order valence-electron chi connectivity index (χ0n) is 15.6. The number of aliphatic carboxylic acids is 1. The predicted molar refractivity (Wildman–Crippen MR) is 99.5 cm³/mol. The number of aromatic nitrogens is 2. The van der Waals surface area contributed by atoms with Crippen molar-refractivity contribution in [1.82, 2.24) is 20.0 Å². The number of urea groups is 1. The highest BCUT2D eigenvalue weighted by Gasteiger charge is 2.38. The number of amides is 3. The Kier molecular flexibility index (Phi) is 6.10. The molecule has 3 amide bonds. The highest BCUT2D eigenvalue weighted by atomic mass is 19.4. The second-order valence-corrected chi connectivity index (χ2v) is 6.52. The van der Waals surface area contributed by atoms with Gasteiger partial charge in [0.1, 0.15) is 11.5 Å². The van der Waals surface area contributed by atoms with Gasteiger partial charge in [-0.3, -0.25) is 19.4 Å². The van der Waals surface area contributed by atoms with Gasteiger partial charge in [-0.05, 0) is 6.07 Å². The molecule has 2 aromatic rings. The van der Waals surface area contributed by atoms with Crippen molar-refractivity contribution in [1.29, 1.82) is 0 Å². The Balaban J connectivity index is 0.000000318. The number of hydrogen-bond donors (Lipinski definition) is 3. The third-order valence-electron chi connectivity index (χ3n) is 4.53. The molecule has 0 saturated carbocycles. The Hall–Kier alpha value is -3.35. The average molecular weight is 428 g/mol. The SMILES string of the molecule is O=C(O)C(F)(F)F.O=C1CCN(c2cnc3cc(N4CCNCC4)ccn23)C(=O)N1. The molecule has 4 heterocycles. The van der Waals surface area contributed by atoms with E-state index in [-0.39, 0.29) is 5.91 Å². The first-order valence-electron chi connectivity index (χ1n) is 9.01. The van der Waals surface area contributed by atoms with Gasteiger partial charge in [0, 0.05) is 57.1 Å². The zero-order valence-corrected chi connectivity index (χ0v) is 15.6. The Labute approximate surface area is 168 Å². The van der Waals surface area contributed by atoms with Crippen LogP contribution >= 0.6 is 0 Å². The van der Waals surface area contributed by atoms with E-state index in [4.69, 9.17) is 9.90 Å². The number of carbonyl (C=O) groups excluding carboxylic acids is 2. The van der Waals surface area contributed by atoms with E-state index < -0.39 is 18.2 Å². The number of hydrogen-bond acceptors (Lipinski definition) is 6. The van der Waals surface area contributed by atoms with Gasteiger partial charge in [0.05, 0.1) is 6.20 Å². The molecule has 0 aromatic carbocycles. The molecule has 2 aliphatic rings. The first-order chi connectivity index (χ1) is 14.2. The fourth-order valence-electron chi connectivity index (χ4n) is 3.06. The van der Waals surface area contributed by atoms with Gasteiger partial charge in [-0.1, -0.05) is 0 Å². The maximum atomic E-state index is 12.0. The number of rotatable bonds is 2. The lowest BCUT2D eigenvalue weighted by Gasteiger charge is -2.29. The molecule has 30 heavy (non-hydrogen) atoms. The molecule has 4 rings (SSSR count). The van der Waals surface area contributed by atoms with Crippen LogP contribution in [0.5, 0.6) is 0 Å². The van der Waals surface area contributed by atoms with Crippen molar-refractivity contribution >= 4 is 35.1 Å². The van der Waals surface area contributed by atoms with Gasteiger partial charge in [0.15, 0.2) is 0 Å². The van der Waals surface area contributed by atoms with Crippen molar-refractivity contribution in [3.63, 3.8) is 0 Å². The summed E-state index contributed by atoms with van der Waals surface area (Å²) in [6.45, 7) is 4.28. The summed E-state index contributed by atoms with van der Waals surface area (Å²) in [5.41, 5.74) is 1.93. The summed E-state index contributed by atoms with van der Waals surface area (Å²) >= 11 is 0. The molecule has 0 aliphatic carbocycles. The number of anilines is 2. The monoisotopic (exact) mass is 428 g/mol. The summed E-state index contributed by atoms with van der Waals surface area (Å²) in [6, 6.07) is 3.67. The molecule has 2 aromatic heterocycles. The maximum absolute atomic E-state index is 12.0. The van der Waals surface area contributed by atoms with Gasteiger partial charge < -0.3 is 15.3 Å². The number of imidazole rings is 1. The van der Waals surface area contributed by atoms with Crippen LogP contribution in [0, 0.1) is 0 Å². The first-order valence-corrected chi connectivity index (χ1v) is 9.01. The first kappa shape index (κ1) is 21.4. The normalized spacial score (nSPS) is 17.4. The lowest BCUT2D eigenvalue weighted by atomic mass is 10.3. The van der Waals surface area contributed by atoms with Gasteiger partial charge in [0.2, 0.25) is 5.91 Å². The number of alkyl halides is 3. The van der Waals surface area contributed by atoms with Crippen molar-refractivity contribution in [2.45, 2.75) is 12.6 Å². The molecule has 13 heteroatoms. The Morgan fingerprint density at radius 3 is 2.43 bits per heavy atom. The van der Waals surface area contributed by atoms with E-state index in [1.165, 1.54) is 0 Å². The molecule has 0 spiro atoms. The number of carboxylic acids is 1. The number of nitrogens with one attached hydrogen (secondary N) is 2. The van der Waals surface area contributed by atoms with Crippen LogP contribution in [0.4, 0.5) is 29.5 Å². The molecule has 2 aliphatic heterocycles. The quantitative estimate of drug-likeness (QED) is 0.648. The van der Waals surface area contributed by atoms with Crippen LogP contribution in [0.3, 0.4) is 0 Å². The third kappa shape index (κ3) is 4.79. The molecular weight excluding hydrogens is 409 g/mol. The average Bonchev–Trinajstić information content (AvgIpc) is 3.11. The molecule has 2 fully saturated rings. The summed E-state index contributed by atoms with van der Waals surface area (Å²) in [5, 5.41) is 12.8. The van der Waals surface area contributed by atoms with Crippen molar-refractivity contribution in [3.8, 4) is 0 Å².